The standard InChI is InChI=1S/C16H17N3OS2/c1-3-14-17-11(9-21-14)10-22-16-18-13-8-6-5-7-12(13)15(20)19(16)4-2/h5-9H,3-4,10H2,1-2H3. The minimum Gasteiger partial charge on any atom is -0.287 e. The lowest BCUT2D eigenvalue weighted by Gasteiger charge is -2.10. The third-order valence-corrected chi connectivity index (χ3v) is 5.45. The molecule has 2 heterocycles. The Morgan fingerprint density at radius 1 is 1.23 bits per heavy atom. The fourth-order valence-electron chi connectivity index (χ4n) is 2.25. The van der Waals surface area contributed by atoms with E-state index in [1.165, 1.54) is 0 Å². The van der Waals surface area contributed by atoms with Crippen molar-refractivity contribution < 1.29 is 0 Å². The lowest BCUT2D eigenvalue weighted by Crippen LogP contribution is -2.22. The van der Waals surface area contributed by atoms with Crippen molar-refractivity contribution in [1.82, 2.24) is 14.5 Å². The van der Waals surface area contributed by atoms with Crippen molar-refractivity contribution in [2.24, 2.45) is 0 Å². The normalized spacial score (nSPS) is 11.2. The van der Waals surface area contributed by atoms with E-state index in [1.54, 1.807) is 27.7 Å². The van der Waals surface area contributed by atoms with Gasteiger partial charge in [-0.3, -0.25) is 9.36 Å². The van der Waals surface area contributed by atoms with E-state index in [1.807, 2.05) is 31.2 Å². The highest BCUT2D eigenvalue weighted by molar-refractivity contribution is 7.98. The third-order valence-electron chi connectivity index (χ3n) is 3.39. The van der Waals surface area contributed by atoms with Crippen LogP contribution in [-0.4, -0.2) is 14.5 Å². The summed E-state index contributed by atoms with van der Waals surface area (Å²) in [5.74, 6) is 0.737. The first kappa shape index (κ1) is 15.2. The molecule has 0 N–H and O–H groups in total. The highest BCUT2D eigenvalue weighted by Gasteiger charge is 2.11. The van der Waals surface area contributed by atoms with E-state index in [4.69, 9.17) is 0 Å². The Balaban J connectivity index is 1.93. The summed E-state index contributed by atoms with van der Waals surface area (Å²) in [6.45, 7) is 4.70. The maximum atomic E-state index is 12.5. The summed E-state index contributed by atoms with van der Waals surface area (Å²) in [6, 6.07) is 7.51. The summed E-state index contributed by atoms with van der Waals surface area (Å²) in [5.41, 5.74) is 1.84. The maximum Gasteiger partial charge on any atom is 0.262 e. The van der Waals surface area contributed by atoms with Crippen LogP contribution in [-0.2, 0) is 18.7 Å². The number of hydrogen-bond acceptors (Lipinski definition) is 5. The Hall–Kier alpha value is -1.66. The lowest BCUT2D eigenvalue weighted by molar-refractivity contribution is 0.634. The molecule has 0 radical (unpaired) electrons. The molecule has 4 nitrogen and oxygen atoms in total. The fraction of sp³-hybridized carbons (Fsp3) is 0.312. The van der Waals surface area contributed by atoms with Crippen LogP contribution in [0, 0.1) is 0 Å². The van der Waals surface area contributed by atoms with Crippen LogP contribution in [0.15, 0.2) is 39.6 Å². The number of nitrogens with zero attached hydrogens (tertiary/aromatic N) is 3. The molecular formula is C16H17N3OS2. The molecular weight excluding hydrogens is 314 g/mol. The number of para-hydroxylation sites is 1. The number of thioether (sulfide) groups is 1. The molecule has 0 fully saturated rings. The summed E-state index contributed by atoms with van der Waals surface area (Å²) in [7, 11) is 0. The van der Waals surface area contributed by atoms with E-state index < -0.39 is 0 Å². The summed E-state index contributed by atoms with van der Waals surface area (Å²) in [5, 5.41) is 4.67. The summed E-state index contributed by atoms with van der Waals surface area (Å²) >= 11 is 3.26. The highest BCUT2D eigenvalue weighted by atomic mass is 32.2. The molecule has 0 unspecified atom stereocenters. The number of rotatable bonds is 5. The summed E-state index contributed by atoms with van der Waals surface area (Å²) in [4.78, 5) is 21.8. The average molecular weight is 331 g/mol. The van der Waals surface area contributed by atoms with E-state index in [0.717, 1.165) is 33.5 Å². The van der Waals surface area contributed by atoms with Gasteiger partial charge in [0.1, 0.15) is 0 Å². The number of hydrogen-bond donors (Lipinski definition) is 0. The minimum absolute atomic E-state index is 0.0307. The Bertz CT molecular complexity index is 854. The number of aryl methyl sites for hydroxylation is 1. The molecule has 114 valence electrons. The molecule has 0 aliphatic carbocycles. The Kier molecular flexibility index (Phi) is 4.59. The van der Waals surface area contributed by atoms with Crippen LogP contribution < -0.4 is 5.56 Å². The molecule has 0 aliphatic rings. The second-order valence-electron chi connectivity index (χ2n) is 4.84. The first-order chi connectivity index (χ1) is 10.7. The zero-order chi connectivity index (χ0) is 15.5. The number of fused-ring (bicyclic) bond motifs is 1. The van der Waals surface area contributed by atoms with Crippen molar-refractivity contribution in [2.45, 2.75) is 37.7 Å². The van der Waals surface area contributed by atoms with Gasteiger partial charge in [-0.2, -0.15) is 0 Å². The van der Waals surface area contributed by atoms with E-state index in [-0.39, 0.29) is 5.56 Å². The van der Waals surface area contributed by atoms with Gasteiger partial charge >= 0.3 is 0 Å². The summed E-state index contributed by atoms with van der Waals surface area (Å²) in [6.07, 6.45) is 0.962. The van der Waals surface area contributed by atoms with E-state index in [9.17, 15) is 4.79 Å². The van der Waals surface area contributed by atoms with Gasteiger partial charge in [0.15, 0.2) is 5.16 Å². The van der Waals surface area contributed by atoms with E-state index >= 15 is 0 Å². The minimum atomic E-state index is 0.0307. The van der Waals surface area contributed by atoms with Crippen molar-refractivity contribution in [3.63, 3.8) is 0 Å². The van der Waals surface area contributed by atoms with Gasteiger partial charge in [0.2, 0.25) is 0 Å². The fourth-order valence-corrected chi connectivity index (χ4v) is 4.06. The maximum absolute atomic E-state index is 12.5. The average Bonchev–Trinajstić information content (AvgIpc) is 3.01. The molecule has 1 aromatic carbocycles. The molecule has 3 aromatic rings. The van der Waals surface area contributed by atoms with Crippen LogP contribution in [0.3, 0.4) is 0 Å². The first-order valence-electron chi connectivity index (χ1n) is 7.28. The van der Waals surface area contributed by atoms with E-state index in [2.05, 4.69) is 22.3 Å². The molecule has 0 aliphatic heterocycles. The van der Waals surface area contributed by atoms with Gasteiger partial charge in [0, 0.05) is 17.7 Å². The predicted molar refractivity (Wildman–Crippen MR) is 92.7 cm³/mol. The molecule has 0 saturated carbocycles. The zero-order valence-electron chi connectivity index (χ0n) is 12.6. The molecule has 0 amide bonds. The Labute approximate surface area is 137 Å². The van der Waals surface area contributed by atoms with Crippen LogP contribution >= 0.6 is 23.1 Å². The van der Waals surface area contributed by atoms with Crippen molar-refractivity contribution in [3.05, 3.63) is 50.7 Å². The molecule has 0 atom stereocenters. The van der Waals surface area contributed by atoms with Gasteiger partial charge in [-0.1, -0.05) is 30.8 Å². The lowest BCUT2D eigenvalue weighted by atomic mass is 10.2. The van der Waals surface area contributed by atoms with Gasteiger partial charge in [0.25, 0.3) is 5.56 Å². The van der Waals surface area contributed by atoms with Crippen LogP contribution in [0.1, 0.15) is 24.5 Å². The number of thiazole rings is 1. The SMILES string of the molecule is CCc1nc(CSc2nc3ccccc3c(=O)n2CC)cs1. The molecule has 0 spiro atoms. The second-order valence-corrected chi connectivity index (χ2v) is 6.72. The molecule has 0 bridgehead atoms. The molecule has 0 saturated heterocycles. The van der Waals surface area contributed by atoms with Crippen molar-refractivity contribution in [1.29, 1.82) is 0 Å². The predicted octanol–water partition coefficient (Wildman–Crippen LogP) is 3.73. The molecule has 6 heteroatoms. The van der Waals surface area contributed by atoms with Crippen molar-refractivity contribution in [3.8, 4) is 0 Å². The van der Waals surface area contributed by atoms with Crippen LogP contribution in [0.4, 0.5) is 0 Å². The molecule has 2 aromatic heterocycles. The van der Waals surface area contributed by atoms with Gasteiger partial charge in [-0.15, -0.1) is 11.3 Å². The van der Waals surface area contributed by atoms with Gasteiger partial charge in [0.05, 0.1) is 21.6 Å². The summed E-state index contributed by atoms with van der Waals surface area (Å²) < 4.78 is 1.74. The van der Waals surface area contributed by atoms with Gasteiger partial charge in [-0.25, -0.2) is 9.97 Å². The van der Waals surface area contributed by atoms with Gasteiger partial charge in [-0.05, 0) is 25.5 Å². The molecule has 22 heavy (non-hydrogen) atoms. The van der Waals surface area contributed by atoms with E-state index in [0.29, 0.717) is 11.9 Å². The molecule has 3 rings (SSSR count). The Morgan fingerprint density at radius 3 is 2.77 bits per heavy atom. The second kappa shape index (κ2) is 6.62. The first-order valence-corrected chi connectivity index (χ1v) is 9.15. The number of benzene rings is 1. The van der Waals surface area contributed by atoms with Crippen molar-refractivity contribution in [2.75, 3.05) is 0 Å². The highest BCUT2D eigenvalue weighted by Crippen LogP contribution is 2.23. The van der Waals surface area contributed by atoms with Crippen LogP contribution in [0.2, 0.25) is 0 Å². The third kappa shape index (κ3) is 2.94. The monoisotopic (exact) mass is 331 g/mol. The Morgan fingerprint density at radius 2 is 2.05 bits per heavy atom. The number of aromatic nitrogens is 3. The zero-order valence-corrected chi connectivity index (χ0v) is 14.2. The van der Waals surface area contributed by atoms with Crippen molar-refractivity contribution >= 4 is 34.0 Å². The van der Waals surface area contributed by atoms with Gasteiger partial charge < -0.3 is 0 Å². The van der Waals surface area contributed by atoms with Crippen LogP contribution in [0.5, 0.6) is 0 Å². The smallest absolute Gasteiger partial charge is 0.262 e. The quantitative estimate of drug-likeness (QED) is 0.528. The largest absolute Gasteiger partial charge is 0.287 e. The topological polar surface area (TPSA) is 47.8 Å². The van der Waals surface area contributed by atoms with Crippen LogP contribution in [0.25, 0.3) is 10.9 Å².